The molecule has 0 spiro atoms. The predicted molar refractivity (Wildman–Crippen MR) is 125 cm³/mol. The maximum atomic E-state index is 13.4. The average Bonchev–Trinajstić information content (AvgIpc) is 3.13. The lowest BCUT2D eigenvalue weighted by Crippen LogP contribution is -2.49. The van der Waals surface area contributed by atoms with Crippen LogP contribution in [0.25, 0.3) is 10.8 Å². The second-order valence-electron chi connectivity index (χ2n) is 9.10. The standard InChI is InChI=1S/C25H28N4O3/c1-4-29-23(30)19-10-6-5-9-18(19)21(26-29)24(31)28-14-12-27(13-15-28)20-11-7-8-17-16-25(2,3)32-22(17)20/h5-11H,4,12-16H2,1-3H3. The molecule has 2 aliphatic heterocycles. The van der Waals surface area contributed by atoms with E-state index >= 15 is 0 Å². The van der Waals surface area contributed by atoms with E-state index in [-0.39, 0.29) is 17.1 Å². The Morgan fingerprint density at radius 3 is 2.47 bits per heavy atom. The van der Waals surface area contributed by atoms with Crippen molar-refractivity contribution < 1.29 is 9.53 Å². The Bertz CT molecular complexity index is 1260. The molecular weight excluding hydrogens is 404 g/mol. The maximum Gasteiger partial charge on any atom is 0.275 e. The number of para-hydroxylation sites is 1. The SMILES string of the molecule is CCn1nc(C(=O)N2CCN(c3cccc4c3OC(C)(C)C4)CC2)c2ccccc2c1=O. The van der Waals surface area contributed by atoms with E-state index in [1.807, 2.05) is 24.0 Å². The summed E-state index contributed by atoms with van der Waals surface area (Å²) < 4.78 is 7.62. The molecule has 3 heterocycles. The van der Waals surface area contributed by atoms with Crippen molar-refractivity contribution in [1.82, 2.24) is 14.7 Å². The van der Waals surface area contributed by atoms with Crippen LogP contribution >= 0.6 is 0 Å². The molecule has 2 aromatic carbocycles. The maximum absolute atomic E-state index is 13.4. The van der Waals surface area contributed by atoms with E-state index in [0.29, 0.717) is 36.1 Å². The van der Waals surface area contributed by atoms with Crippen LogP contribution in [0.15, 0.2) is 47.3 Å². The van der Waals surface area contributed by atoms with E-state index in [9.17, 15) is 9.59 Å². The third-order valence-corrected chi connectivity index (χ3v) is 6.35. The molecule has 1 amide bonds. The lowest BCUT2D eigenvalue weighted by Gasteiger charge is -2.36. The summed E-state index contributed by atoms with van der Waals surface area (Å²) >= 11 is 0. The van der Waals surface area contributed by atoms with Crippen molar-refractivity contribution in [2.45, 2.75) is 39.3 Å². The van der Waals surface area contributed by atoms with Crippen LogP contribution in [0.1, 0.15) is 36.8 Å². The molecule has 1 aromatic heterocycles. The lowest BCUT2D eigenvalue weighted by molar-refractivity contribution is 0.0740. The summed E-state index contributed by atoms with van der Waals surface area (Å²) in [5.74, 6) is 0.846. The minimum Gasteiger partial charge on any atom is -0.485 e. The largest absolute Gasteiger partial charge is 0.485 e. The van der Waals surface area contributed by atoms with Crippen molar-refractivity contribution in [3.8, 4) is 5.75 Å². The first-order chi connectivity index (χ1) is 15.4. The molecule has 32 heavy (non-hydrogen) atoms. The average molecular weight is 433 g/mol. The highest BCUT2D eigenvalue weighted by molar-refractivity contribution is 6.04. The molecule has 1 fully saturated rings. The van der Waals surface area contributed by atoms with E-state index in [1.54, 1.807) is 12.1 Å². The van der Waals surface area contributed by atoms with Crippen molar-refractivity contribution in [2.75, 3.05) is 31.1 Å². The Hall–Kier alpha value is -3.35. The normalized spacial score (nSPS) is 17.3. The highest BCUT2D eigenvalue weighted by atomic mass is 16.5. The zero-order valence-corrected chi connectivity index (χ0v) is 18.8. The number of carbonyl (C=O) groups is 1. The van der Waals surface area contributed by atoms with Gasteiger partial charge in [-0.3, -0.25) is 9.59 Å². The van der Waals surface area contributed by atoms with Gasteiger partial charge in [-0.15, -0.1) is 0 Å². The van der Waals surface area contributed by atoms with Crippen LogP contribution in [-0.4, -0.2) is 52.4 Å². The summed E-state index contributed by atoms with van der Waals surface area (Å²) in [7, 11) is 0. The first-order valence-electron chi connectivity index (χ1n) is 11.2. The van der Waals surface area contributed by atoms with Crippen molar-refractivity contribution in [3.63, 3.8) is 0 Å². The van der Waals surface area contributed by atoms with Crippen LogP contribution in [0, 0.1) is 0 Å². The van der Waals surface area contributed by atoms with E-state index in [1.165, 1.54) is 10.2 Å². The van der Waals surface area contributed by atoms with E-state index < -0.39 is 0 Å². The molecule has 0 radical (unpaired) electrons. The number of aromatic nitrogens is 2. The Kier molecular flexibility index (Phi) is 4.92. The molecular formula is C25H28N4O3. The minimum absolute atomic E-state index is 0.126. The molecule has 1 saturated heterocycles. The third-order valence-electron chi connectivity index (χ3n) is 6.35. The van der Waals surface area contributed by atoms with Crippen molar-refractivity contribution >= 4 is 22.4 Å². The quantitative estimate of drug-likeness (QED) is 0.636. The topological polar surface area (TPSA) is 67.7 Å². The van der Waals surface area contributed by atoms with Gasteiger partial charge in [0.05, 0.1) is 11.1 Å². The molecule has 0 bridgehead atoms. The number of fused-ring (bicyclic) bond motifs is 2. The summed E-state index contributed by atoms with van der Waals surface area (Å²) in [6.07, 6.45) is 0.903. The van der Waals surface area contributed by atoms with Gasteiger partial charge in [0.1, 0.15) is 11.4 Å². The van der Waals surface area contributed by atoms with Gasteiger partial charge in [-0.05, 0) is 32.9 Å². The second-order valence-corrected chi connectivity index (χ2v) is 9.10. The van der Waals surface area contributed by atoms with Gasteiger partial charge in [0, 0.05) is 50.1 Å². The Labute approximate surface area is 187 Å². The fourth-order valence-corrected chi connectivity index (χ4v) is 4.76. The van der Waals surface area contributed by atoms with Crippen LogP contribution in [0.4, 0.5) is 5.69 Å². The fraction of sp³-hybridized carbons (Fsp3) is 0.400. The van der Waals surface area contributed by atoms with Crippen LogP contribution in [-0.2, 0) is 13.0 Å². The van der Waals surface area contributed by atoms with Crippen molar-refractivity contribution in [1.29, 1.82) is 0 Å². The van der Waals surface area contributed by atoms with Crippen molar-refractivity contribution in [2.24, 2.45) is 0 Å². The summed E-state index contributed by atoms with van der Waals surface area (Å²) in [6.45, 7) is 9.13. The zero-order valence-electron chi connectivity index (χ0n) is 18.8. The predicted octanol–water partition coefficient (Wildman–Crippen LogP) is 3.09. The summed E-state index contributed by atoms with van der Waals surface area (Å²) in [4.78, 5) is 30.2. The highest BCUT2D eigenvalue weighted by Crippen LogP contribution is 2.42. The number of carbonyl (C=O) groups excluding carboxylic acids is 1. The monoisotopic (exact) mass is 432 g/mol. The van der Waals surface area contributed by atoms with E-state index in [2.05, 4.69) is 42.0 Å². The molecule has 0 aliphatic carbocycles. The first-order valence-corrected chi connectivity index (χ1v) is 11.2. The Morgan fingerprint density at radius 2 is 1.75 bits per heavy atom. The summed E-state index contributed by atoms with van der Waals surface area (Å²) in [5, 5.41) is 5.56. The molecule has 2 aliphatic rings. The molecule has 3 aromatic rings. The summed E-state index contributed by atoms with van der Waals surface area (Å²) in [6, 6.07) is 13.5. The van der Waals surface area contributed by atoms with Gasteiger partial charge in [-0.1, -0.05) is 30.3 Å². The molecule has 0 atom stereocenters. The van der Waals surface area contributed by atoms with Gasteiger partial charge >= 0.3 is 0 Å². The van der Waals surface area contributed by atoms with Crippen LogP contribution in [0.3, 0.4) is 0 Å². The summed E-state index contributed by atoms with van der Waals surface area (Å²) in [5.41, 5.74) is 2.34. The first kappa shape index (κ1) is 20.5. The minimum atomic E-state index is -0.189. The number of hydrogen-bond acceptors (Lipinski definition) is 5. The lowest BCUT2D eigenvalue weighted by atomic mass is 10.0. The smallest absolute Gasteiger partial charge is 0.275 e. The van der Waals surface area contributed by atoms with Crippen LogP contribution in [0.2, 0.25) is 0 Å². The van der Waals surface area contributed by atoms with Gasteiger partial charge in [0.2, 0.25) is 0 Å². The molecule has 7 heteroatoms. The molecule has 0 unspecified atom stereocenters. The number of amides is 1. The number of ether oxygens (including phenoxy) is 1. The molecule has 5 rings (SSSR count). The number of rotatable bonds is 3. The van der Waals surface area contributed by atoms with Gasteiger partial charge in [0.25, 0.3) is 11.5 Å². The molecule has 7 nitrogen and oxygen atoms in total. The van der Waals surface area contributed by atoms with Gasteiger partial charge in [0.15, 0.2) is 5.69 Å². The molecule has 166 valence electrons. The third kappa shape index (κ3) is 3.42. The highest BCUT2D eigenvalue weighted by Gasteiger charge is 2.34. The molecule has 0 N–H and O–H groups in total. The van der Waals surface area contributed by atoms with E-state index in [4.69, 9.17) is 4.74 Å². The fourth-order valence-electron chi connectivity index (χ4n) is 4.76. The second kappa shape index (κ2) is 7.65. The zero-order chi connectivity index (χ0) is 22.5. The van der Waals surface area contributed by atoms with Crippen LogP contribution < -0.4 is 15.2 Å². The van der Waals surface area contributed by atoms with Gasteiger partial charge < -0.3 is 14.5 Å². The number of nitrogens with zero attached hydrogens (tertiary/aromatic N) is 4. The van der Waals surface area contributed by atoms with Gasteiger partial charge in [-0.25, -0.2) is 4.68 Å². The van der Waals surface area contributed by atoms with E-state index in [0.717, 1.165) is 30.9 Å². The number of benzene rings is 2. The number of anilines is 1. The van der Waals surface area contributed by atoms with Crippen molar-refractivity contribution in [3.05, 3.63) is 64.1 Å². The Balaban J connectivity index is 1.39. The number of aryl methyl sites for hydroxylation is 1. The van der Waals surface area contributed by atoms with Crippen LogP contribution in [0.5, 0.6) is 5.75 Å². The Morgan fingerprint density at radius 1 is 1.03 bits per heavy atom. The number of hydrogen-bond donors (Lipinski definition) is 0. The van der Waals surface area contributed by atoms with Gasteiger partial charge in [-0.2, -0.15) is 5.10 Å². The number of piperazine rings is 1. The molecule has 0 saturated carbocycles.